The number of carbonyl (C=O) groups is 1. The van der Waals surface area contributed by atoms with Crippen molar-refractivity contribution in [3.05, 3.63) is 29.3 Å². The van der Waals surface area contributed by atoms with Gasteiger partial charge in [0.15, 0.2) is 0 Å². The summed E-state index contributed by atoms with van der Waals surface area (Å²) in [5.74, 6) is 0.349. The molecule has 1 aliphatic carbocycles. The molecule has 1 fully saturated rings. The van der Waals surface area contributed by atoms with Gasteiger partial charge in [0, 0.05) is 13.1 Å². The fraction of sp³-hybridized carbons (Fsp3) is 0.611. The highest BCUT2D eigenvalue weighted by Gasteiger charge is 2.42. The van der Waals surface area contributed by atoms with Crippen LogP contribution in [0, 0.1) is 0 Å². The van der Waals surface area contributed by atoms with Crippen molar-refractivity contribution in [2.45, 2.75) is 57.5 Å². The summed E-state index contributed by atoms with van der Waals surface area (Å²) in [4.78, 5) is 14.0. The predicted octanol–water partition coefficient (Wildman–Crippen LogP) is 3.61. The molecule has 0 unspecified atom stereocenters. The van der Waals surface area contributed by atoms with Crippen LogP contribution < -0.4 is 0 Å². The fourth-order valence-corrected chi connectivity index (χ4v) is 3.78. The van der Waals surface area contributed by atoms with E-state index in [9.17, 15) is 9.90 Å². The van der Waals surface area contributed by atoms with Gasteiger partial charge in [-0.1, -0.05) is 6.07 Å². The van der Waals surface area contributed by atoms with E-state index in [-0.39, 0.29) is 11.5 Å². The van der Waals surface area contributed by atoms with Crippen LogP contribution in [0.25, 0.3) is 0 Å². The summed E-state index contributed by atoms with van der Waals surface area (Å²) >= 11 is 0. The predicted molar refractivity (Wildman–Crippen MR) is 85.1 cm³/mol. The summed E-state index contributed by atoms with van der Waals surface area (Å²) in [6.45, 7) is 7.19. The van der Waals surface area contributed by atoms with Crippen LogP contribution in [0.3, 0.4) is 0 Å². The Morgan fingerprint density at radius 2 is 1.91 bits per heavy atom. The zero-order chi connectivity index (χ0) is 16.0. The number of fused-ring (bicyclic) bond motifs is 2. The number of likely N-dealkylation sites (tertiary alicyclic amines) is 1. The van der Waals surface area contributed by atoms with E-state index in [1.54, 1.807) is 6.07 Å². The van der Waals surface area contributed by atoms with Crippen molar-refractivity contribution in [1.82, 2.24) is 4.90 Å². The molecule has 4 heteroatoms. The van der Waals surface area contributed by atoms with Crippen LogP contribution in [0.1, 0.15) is 51.2 Å². The number of piperidine rings is 1. The summed E-state index contributed by atoms with van der Waals surface area (Å²) in [5.41, 5.74) is 2.38. The summed E-state index contributed by atoms with van der Waals surface area (Å²) < 4.78 is 5.47. The maximum absolute atomic E-state index is 12.2. The number of aromatic hydroxyl groups is 1. The molecule has 1 amide bonds. The maximum atomic E-state index is 12.2. The quantitative estimate of drug-likeness (QED) is 0.796. The van der Waals surface area contributed by atoms with Gasteiger partial charge in [-0.05, 0) is 75.1 Å². The molecule has 4 nitrogen and oxygen atoms in total. The highest BCUT2D eigenvalue weighted by Crippen LogP contribution is 2.47. The Hall–Kier alpha value is -1.71. The van der Waals surface area contributed by atoms with Gasteiger partial charge in [0.1, 0.15) is 11.4 Å². The van der Waals surface area contributed by atoms with Crippen molar-refractivity contribution in [2.24, 2.45) is 0 Å². The third-order valence-electron chi connectivity index (χ3n) is 4.91. The van der Waals surface area contributed by atoms with Crippen molar-refractivity contribution in [3.63, 3.8) is 0 Å². The third kappa shape index (κ3) is 2.79. The van der Waals surface area contributed by atoms with Gasteiger partial charge >= 0.3 is 6.09 Å². The number of aryl methyl sites for hydroxylation is 1. The molecule has 1 aromatic carbocycles. The lowest BCUT2D eigenvalue weighted by molar-refractivity contribution is 0.0164. The van der Waals surface area contributed by atoms with E-state index in [2.05, 4.69) is 6.07 Å². The Balaban J connectivity index is 1.69. The Bertz CT molecular complexity index is 580. The number of phenols is 1. The summed E-state index contributed by atoms with van der Waals surface area (Å²) in [6, 6.07) is 5.75. The van der Waals surface area contributed by atoms with Crippen LogP contribution in [0.4, 0.5) is 4.79 Å². The van der Waals surface area contributed by atoms with Crippen molar-refractivity contribution in [3.8, 4) is 5.75 Å². The minimum atomic E-state index is -0.441. The minimum Gasteiger partial charge on any atom is -0.508 e. The van der Waals surface area contributed by atoms with Gasteiger partial charge in [0.25, 0.3) is 0 Å². The van der Waals surface area contributed by atoms with Crippen molar-refractivity contribution < 1.29 is 14.6 Å². The number of hydrogen-bond donors (Lipinski definition) is 1. The van der Waals surface area contributed by atoms with E-state index < -0.39 is 5.60 Å². The molecule has 1 aromatic rings. The Labute approximate surface area is 132 Å². The average Bonchev–Trinajstić information content (AvgIpc) is 2.76. The van der Waals surface area contributed by atoms with Gasteiger partial charge in [-0.3, -0.25) is 0 Å². The Morgan fingerprint density at radius 1 is 1.23 bits per heavy atom. The van der Waals surface area contributed by atoms with Crippen LogP contribution in [0.2, 0.25) is 0 Å². The summed E-state index contributed by atoms with van der Waals surface area (Å²) in [5, 5.41) is 9.64. The maximum Gasteiger partial charge on any atom is 0.410 e. The molecule has 2 aliphatic rings. The topological polar surface area (TPSA) is 49.8 Å². The molecule has 1 saturated heterocycles. The number of hydrogen-bond acceptors (Lipinski definition) is 3. The Morgan fingerprint density at radius 3 is 2.55 bits per heavy atom. The van der Waals surface area contributed by atoms with Crippen molar-refractivity contribution in [1.29, 1.82) is 0 Å². The second kappa shape index (κ2) is 5.18. The molecule has 0 atom stereocenters. The number of carbonyl (C=O) groups excluding carboxylic acids is 1. The van der Waals surface area contributed by atoms with E-state index in [1.807, 2.05) is 31.7 Å². The molecule has 0 saturated carbocycles. The molecular weight excluding hydrogens is 278 g/mol. The first-order valence-corrected chi connectivity index (χ1v) is 8.09. The molecule has 120 valence electrons. The summed E-state index contributed by atoms with van der Waals surface area (Å²) in [6.07, 6.45) is 3.89. The lowest BCUT2D eigenvalue weighted by Crippen LogP contribution is -2.46. The lowest BCUT2D eigenvalue weighted by atomic mass is 9.74. The van der Waals surface area contributed by atoms with Gasteiger partial charge in [-0.15, -0.1) is 0 Å². The molecule has 1 spiro atoms. The van der Waals surface area contributed by atoms with Gasteiger partial charge < -0.3 is 14.7 Å². The van der Waals surface area contributed by atoms with E-state index in [0.717, 1.165) is 38.8 Å². The highest BCUT2D eigenvalue weighted by atomic mass is 16.6. The molecule has 0 bridgehead atoms. The zero-order valence-corrected chi connectivity index (χ0v) is 13.7. The normalized spacial score (nSPS) is 20.0. The molecule has 0 radical (unpaired) electrons. The molecule has 22 heavy (non-hydrogen) atoms. The second-order valence-corrected chi connectivity index (χ2v) is 7.59. The molecule has 1 heterocycles. The first kappa shape index (κ1) is 15.2. The molecular formula is C18H25NO3. The number of phenolic OH excluding ortho intramolecular Hbond substituents is 1. The molecule has 0 aromatic heterocycles. The average molecular weight is 303 g/mol. The number of nitrogens with zero attached hydrogens (tertiary/aromatic N) is 1. The first-order valence-electron chi connectivity index (χ1n) is 8.09. The zero-order valence-electron chi connectivity index (χ0n) is 13.7. The largest absolute Gasteiger partial charge is 0.508 e. The van der Waals surface area contributed by atoms with Gasteiger partial charge in [-0.2, -0.15) is 0 Å². The van der Waals surface area contributed by atoms with Crippen LogP contribution >= 0.6 is 0 Å². The van der Waals surface area contributed by atoms with E-state index >= 15 is 0 Å². The van der Waals surface area contributed by atoms with Crippen LogP contribution in [-0.2, 0) is 16.6 Å². The monoisotopic (exact) mass is 303 g/mol. The van der Waals surface area contributed by atoms with Crippen LogP contribution in [0.15, 0.2) is 18.2 Å². The van der Waals surface area contributed by atoms with Gasteiger partial charge in [-0.25, -0.2) is 4.79 Å². The minimum absolute atomic E-state index is 0.182. The molecule has 1 aliphatic heterocycles. The smallest absolute Gasteiger partial charge is 0.410 e. The number of benzene rings is 1. The Kier molecular flexibility index (Phi) is 3.58. The van der Waals surface area contributed by atoms with Crippen molar-refractivity contribution in [2.75, 3.05) is 13.1 Å². The third-order valence-corrected chi connectivity index (χ3v) is 4.91. The number of rotatable bonds is 0. The van der Waals surface area contributed by atoms with Gasteiger partial charge in [0.05, 0.1) is 0 Å². The number of amides is 1. The second-order valence-electron chi connectivity index (χ2n) is 7.59. The SMILES string of the molecule is CC(C)(C)OC(=O)N1CCC2(CCc3cc(O)ccc32)CC1. The van der Waals surface area contributed by atoms with E-state index in [0.29, 0.717) is 5.75 Å². The van der Waals surface area contributed by atoms with E-state index in [4.69, 9.17) is 4.74 Å². The number of ether oxygens (including phenoxy) is 1. The standard InChI is InChI=1S/C18H25NO3/c1-17(2,3)22-16(21)19-10-8-18(9-11-19)7-6-13-12-14(20)4-5-15(13)18/h4-5,12,20H,6-11H2,1-3H3. The van der Waals surface area contributed by atoms with Crippen LogP contribution in [0.5, 0.6) is 5.75 Å². The molecule has 1 N–H and O–H groups in total. The summed E-state index contributed by atoms with van der Waals surface area (Å²) in [7, 11) is 0. The van der Waals surface area contributed by atoms with Gasteiger partial charge in [0.2, 0.25) is 0 Å². The van der Waals surface area contributed by atoms with Crippen LogP contribution in [-0.4, -0.2) is 34.8 Å². The highest BCUT2D eigenvalue weighted by molar-refractivity contribution is 5.68. The molecule has 3 rings (SSSR count). The fourth-order valence-electron chi connectivity index (χ4n) is 3.78. The van der Waals surface area contributed by atoms with E-state index in [1.165, 1.54) is 11.1 Å². The lowest BCUT2D eigenvalue weighted by Gasteiger charge is -2.40. The first-order chi connectivity index (χ1) is 10.3. The van der Waals surface area contributed by atoms with Crippen molar-refractivity contribution >= 4 is 6.09 Å².